The van der Waals surface area contributed by atoms with Gasteiger partial charge in [-0.05, 0) is 38.3 Å². The van der Waals surface area contributed by atoms with Crippen molar-refractivity contribution in [1.29, 1.82) is 0 Å². The third-order valence-electron chi connectivity index (χ3n) is 3.77. The minimum absolute atomic E-state index is 0.158. The fraction of sp³-hybridized carbons (Fsp3) is 0.625. The van der Waals surface area contributed by atoms with E-state index in [1.54, 1.807) is 0 Å². The van der Waals surface area contributed by atoms with Crippen LogP contribution in [0.5, 0.6) is 5.75 Å². The van der Waals surface area contributed by atoms with Gasteiger partial charge in [0.25, 0.3) is 0 Å². The van der Waals surface area contributed by atoms with Crippen LogP contribution >= 0.6 is 0 Å². The predicted molar refractivity (Wildman–Crippen MR) is 77.5 cm³/mol. The fourth-order valence-electron chi connectivity index (χ4n) is 2.53. The molecule has 0 amide bonds. The molecule has 112 valence electrons. The maximum atomic E-state index is 13.4. The van der Waals surface area contributed by atoms with Gasteiger partial charge in [0.05, 0.1) is 6.61 Å². The van der Waals surface area contributed by atoms with Gasteiger partial charge in [-0.15, -0.1) is 0 Å². The number of nitrogens with one attached hydrogen (secondary N) is 1. The van der Waals surface area contributed by atoms with E-state index < -0.39 is 0 Å². The zero-order valence-electron chi connectivity index (χ0n) is 12.3. The summed E-state index contributed by atoms with van der Waals surface area (Å²) in [6.45, 7) is 7.24. The van der Waals surface area contributed by atoms with Gasteiger partial charge in [-0.25, -0.2) is 4.39 Å². The molecular formula is C16H24FNO2. The smallest absolute Gasteiger partial charge is 0.126 e. The van der Waals surface area contributed by atoms with E-state index in [1.165, 1.54) is 12.1 Å². The zero-order valence-corrected chi connectivity index (χ0v) is 12.3. The van der Waals surface area contributed by atoms with Gasteiger partial charge in [-0.1, -0.05) is 13.0 Å². The van der Waals surface area contributed by atoms with Crippen molar-refractivity contribution in [3.63, 3.8) is 0 Å². The van der Waals surface area contributed by atoms with Crippen LogP contribution in [0.2, 0.25) is 0 Å². The number of ether oxygens (including phenoxy) is 2. The average molecular weight is 281 g/mol. The van der Waals surface area contributed by atoms with Crippen LogP contribution in [-0.2, 0) is 4.74 Å². The van der Waals surface area contributed by atoms with Crippen molar-refractivity contribution < 1.29 is 13.9 Å². The molecule has 0 aromatic heterocycles. The van der Waals surface area contributed by atoms with Gasteiger partial charge in [-0.2, -0.15) is 0 Å². The molecule has 1 heterocycles. The summed E-state index contributed by atoms with van der Waals surface area (Å²) in [5, 5.41) is 3.34. The molecule has 1 aromatic carbocycles. The van der Waals surface area contributed by atoms with E-state index >= 15 is 0 Å². The lowest BCUT2D eigenvalue weighted by atomic mass is 10.0. The second-order valence-corrected chi connectivity index (χ2v) is 5.33. The van der Waals surface area contributed by atoms with E-state index in [2.05, 4.69) is 19.2 Å². The molecule has 1 aliphatic heterocycles. The summed E-state index contributed by atoms with van der Waals surface area (Å²) in [6.07, 6.45) is 2.04. The molecule has 1 fully saturated rings. The highest BCUT2D eigenvalue weighted by atomic mass is 19.1. The Labute approximate surface area is 120 Å². The molecule has 0 bridgehead atoms. The largest absolute Gasteiger partial charge is 0.493 e. The molecule has 1 N–H and O–H groups in total. The van der Waals surface area contributed by atoms with E-state index in [0.29, 0.717) is 18.3 Å². The van der Waals surface area contributed by atoms with Crippen LogP contribution in [-0.4, -0.2) is 26.4 Å². The first kappa shape index (κ1) is 15.3. The Morgan fingerprint density at radius 3 is 2.85 bits per heavy atom. The van der Waals surface area contributed by atoms with Crippen molar-refractivity contribution >= 4 is 0 Å². The highest BCUT2D eigenvalue weighted by Gasteiger charge is 2.17. The molecule has 2 rings (SSSR count). The van der Waals surface area contributed by atoms with Crippen molar-refractivity contribution in [2.45, 2.75) is 32.7 Å². The first-order chi connectivity index (χ1) is 9.70. The molecule has 1 aromatic rings. The van der Waals surface area contributed by atoms with Gasteiger partial charge in [-0.3, -0.25) is 0 Å². The summed E-state index contributed by atoms with van der Waals surface area (Å²) in [4.78, 5) is 0. The van der Waals surface area contributed by atoms with Gasteiger partial charge < -0.3 is 14.8 Å². The van der Waals surface area contributed by atoms with Crippen molar-refractivity contribution in [3.8, 4) is 5.75 Å². The summed E-state index contributed by atoms with van der Waals surface area (Å²) in [5.74, 6) is 0.915. The molecule has 1 saturated heterocycles. The van der Waals surface area contributed by atoms with E-state index in [-0.39, 0.29) is 11.9 Å². The predicted octanol–water partition coefficient (Wildman–Crippen LogP) is 3.30. The lowest BCUT2D eigenvalue weighted by Gasteiger charge is -2.24. The summed E-state index contributed by atoms with van der Waals surface area (Å²) in [6, 6.07) is 4.94. The second kappa shape index (κ2) is 7.60. The van der Waals surface area contributed by atoms with Crippen LogP contribution in [0.25, 0.3) is 0 Å². The standard InChI is InChI=1S/C16H24FNO2/c1-3-18-12(2)15-5-4-14(17)10-16(15)20-11-13-6-8-19-9-7-13/h4-5,10,12-13,18H,3,6-9,11H2,1-2H3. The van der Waals surface area contributed by atoms with Crippen molar-refractivity contribution in [3.05, 3.63) is 29.6 Å². The Kier molecular flexibility index (Phi) is 5.80. The van der Waals surface area contributed by atoms with Gasteiger partial charge in [0.2, 0.25) is 0 Å². The number of hydrogen-bond acceptors (Lipinski definition) is 3. The molecule has 4 heteroatoms. The summed E-state index contributed by atoms with van der Waals surface area (Å²) >= 11 is 0. The van der Waals surface area contributed by atoms with Crippen LogP contribution in [0, 0.1) is 11.7 Å². The Morgan fingerprint density at radius 1 is 1.40 bits per heavy atom. The van der Waals surface area contributed by atoms with Gasteiger partial charge in [0.15, 0.2) is 0 Å². The zero-order chi connectivity index (χ0) is 14.4. The molecule has 1 atom stereocenters. The first-order valence-corrected chi connectivity index (χ1v) is 7.44. The van der Waals surface area contributed by atoms with Crippen molar-refractivity contribution in [2.24, 2.45) is 5.92 Å². The van der Waals surface area contributed by atoms with Crippen molar-refractivity contribution in [1.82, 2.24) is 5.32 Å². The van der Waals surface area contributed by atoms with Crippen molar-refractivity contribution in [2.75, 3.05) is 26.4 Å². The third-order valence-corrected chi connectivity index (χ3v) is 3.77. The lowest BCUT2D eigenvalue weighted by molar-refractivity contribution is 0.0495. The molecule has 0 spiro atoms. The molecule has 1 aliphatic rings. The van der Waals surface area contributed by atoms with Crippen LogP contribution in [0.3, 0.4) is 0 Å². The SMILES string of the molecule is CCNC(C)c1ccc(F)cc1OCC1CCOCC1. The molecular weight excluding hydrogens is 257 g/mol. The fourth-order valence-corrected chi connectivity index (χ4v) is 2.53. The van der Waals surface area contributed by atoms with Crippen LogP contribution < -0.4 is 10.1 Å². The molecule has 0 saturated carbocycles. The molecule has 20 heavy (non-hydrogen) atoms. The van der Waals surface area contributed by atoms with E-state index in [0.717, 1.165) is 38.2 Å². The maximum absolute atomic E-state index is 13.4. The van der Waals surface area contributed by atoms with Crippen LogP contribution in [0.4, 0.5) is 4.39 Å². The van der Waals surface area contributed by atoms with Gasteiger partial charge >= 0.3 is 0 Å². The second-order valence-electron chi connectivity index (χ2n) is 5.33. The van der Waals surface area contributed by atoms with Gasteiger partial charge in [0.1, 0.15) is 11.6 Å². The van der Waals surface area contributed by atoms with Crippen LogP contribution in [0.15, 0.2) is 18.2 Å². The lowest BCUT2D eigenvalue weighted by Crippen LogP contribution is -2.23. The Bertz CT molecular complexity index is 419. The number of halogens is 1. The third kappa shape index (κ3) is 4.18. The van der Waals surface area contributed by atoms with Gasteiger partial charge in [0, 0.05) is 30.9 Å². The van der Waals surface area contributed by atoms with E-state index in [4.69, 9.17) is 9.47 Å². The molecule has 0 radical (unpaired) electrons. The summed E-state index contributed by atoms with van der Waals surface area (Å²) < 4.78 is 24.7. The summed E-state index contributed by atoms with van der Waals surface area (Å²) in [7, 11) is 0. The highest BCUT2D eigenvalue weighted by molar-refractivity contribution is 5.36. The average Bonchev–Trinajstić information content (AvgIpc) is 2.46. The number of hydrogen-bond donors (Lipinski definition) is 1. The number of benzene rings is 1. The Morgan fingerprint density at radius 2 is 2.15 bits per heavy atom. The minimum Gasteiger partial charge on any atom is -0.493 e. The monoisotopic (exact) mass is 281 g/mol. The Hall–Kier alpha value is -1.13. The first-order valence-electron chi connectivity index (χ1n) is 7.44. The highest BCUT2D eigenvalue weighted by Crippen LogP contribution is 2.27. The number of rotatable bonds is 6. The normalized spacial score (nSPS) is 17.9. The molecule has 0 aliphatic carbocycles. The minimum atomic E-state index is -0.251. The Balaban J connectivity index is 2.02. The van der Waals surface area contributed by atoms with E-state index in [1.807, 2.05) is 6.07 Å². The van der Waals surface area contributed by atoms with Crippen LogP contribution in [0.1, 0.15) is 38.3 Å². The topological polar surface area (TPSA) is 30.5 Å². The maximum Gasteiger partial charge on any atom is 0.126 e. The molecule has 1 unspecified atom stereocenters. The quantitative estimate of drug-likeness (QED) is 0.868. The van der Waals surface area contributed by atoms with E-state index in [9.17, 15) is 4.39 Å². The summed E-state index contributed by atoms with van der Waals surface area (Å²) in [5.41, 5.74) is 1.01. The molecule has 3 nitrogen and oxygen atoms in total.